The molecule has 7 rings (SSSR count). The molecule has 296 valence electrons. The van der Waals surface area contributed by atoms with E-state index in [2.05, 4.69) is 27.7 Å². The van der Waals surface area contributed by atoms with Crippen LogP contribution >= 0.6 is 0 Å². The van der Waals surface area contributed by atoms with Crippen LogP contribution in [0.3, 0.4) is 0 Å². The molecule has 12 heteroatoms. The van der Waals surface area contributed by atoms with Crippen LogP contribution in [-0.2, 0) is 33.3 Å². The minimum atomic E-state index is -1.48. The Morgan fingerprint density at radius 3 is 2.31 bits per heavy atom. The van der Waals surface area contributed by atoms with Crippen molar-refractivity contribution in [2.24, 2.45) is 50.2 Å². The van der Waals surface area contributed by atoms with Gasteiger partial charge in [-0.25, -0.2) is 4.79 Å². The molecule has 1 aliphatic heterocycles. The number of rotatable bonds is 7. The van der Waals surface area contributed by atoms with Crippen LogP contribution < -0.4 is 0 Å². The number of hydrogen-bond acceptors (Lipinski definition) is 10. The van der Waals surface area contributed by atoms with Crippen molar-refractivity contribution in [3.8, 4) is 0 Å². The van der Waals surface area contributed by atoms with E-state index in [1.54, 1.807) is 31.5 Å². The average Bonchev–Trinajstić information content (AvgIpc) is 3.64. The topological polar surface area (TPSA) is 163 Å². The first kappa shape index (κ1) is 38.6. The van der Waals surface area contributed by atoms with Crippen molar-refractivity contribution in [1.29, 1.82) is 0 Å². The van der Waals surface area contributed by atoms with Crippen LogP contribution in [0.1, 0.15) is 135 Å². The maximum Gasteiger partial charge on any atom is 0.358 e. The first-order chi connectivity index (χ1) is 25.2. The summed E-state index contributed by atoms with van der Waals surface area (Å²) >= 11 is 0. The zero-order valence-electron chi connectivity index (χ0n) is 33.4. The third-order valence-electron chi connectivity index (χ3n) is 16.1. The molecule has 1 aromatic heterocycles. The van der Waals surface area contributed by atoms with Gasteiger partial charge in [0.15, 0.2) is 18.1 Å². The van der Waals surface area contributed by atoms with Crippen LogP contribution in [0.2, 0.25) is 0 Å². The second-order valence-electron chi connectivity index (χ2n) is 18.8. The summed E-state index contributed by atoms with van der Waals surface area (Å²) in [5.74, 6) is -1.95. The molecule has 0 bridgehead atoms. The zero-order chi connectivity index (χ0) is 39.4. The quantitative estimate of drug-likeness (QED) is 0.275. The van der Waals surface area contributed by atoms with E-state index >= 15 is 4.79 Å². The maximum absolute atomic E-state index is 15.0. The van der Waals surface area contributed by atoms with E-state index in [4.69, 9.17) is 24.0 Å². The molecule has 4 fully saturated rings. The number of hydrogen-bond donors (Lipinski definition) is 2. The highest BCUT2D eigenvalue weighted by atomic mass is 16.8. The number of esters is 2. The minimum absolute atomic E-state index is 0.00301. The number of aryl methyl sites for hydroxylation is 1. The van der Waals surface area contributed by atoms with Crippen molar-refractivity contribution >= 4 is 23.7 Å². The second kappa shape index (κ2) is 12.7. The number of carboxylic acids is 1. The molecule has 11 atom stereocenters. The molecule has 0 aromatic carbocycles. The SMILES string of the molecule is CCOC(=O)c1cc(C)nn1[C@H]1CC[C@@]2(C)[C@@H](CC[C@]3(C)[C@@H]2C(=O)C=C2[C@@H]4C[C@@](C)(C(=O)O)CC[C@]4(C)CC[C@]23C)[C@]1(C)C(=O)OCC1=C(C)OC(O)O1. The van der Waals surface area contributed by atoms with Crippen LogP contribution in [0.15, 0.2) is 29.2 Å². The number of carbonyl (C=O) groups is 4. The van der Waals surface area contributed by atoms with Crippen molar-refractivity contribution in [2.45, 2.75) is 133 Å². The van der Waals surface area contributed by atoms with Gasteiger partial charge in [-0.15, -0.1) is 0 Å². The van der Waals surface area contributed by atoms with E-state index in [-0.39, 0.29) is 53.1 Å². The fourth-order valence-electron chi connectivity index (χ4n) is 12.7. The summed E-state index contributed by atoms with van der Waals surface area (Å²) in [7, 11) is 0. The van der Waals surface area contributed by atoms with Gasteiger partial charge >= 0.3 is 24.4 Å². The molecular formula is C42H58N2O10. The van der Waals surface area contributed by atoms with Crippen LogP contribution in [0.4, 0.5) is 0 Å². The first-order valence-corrected chi connectivity index (χ1v) is 19.8. The molecule has 0 spiro atoms. The Kier molecular flexibility index (Phi) is 9.06. The van der Waals surface area contributed by atoms with Crippen LogP contribution in [0.25, 0.3) is 0 Å². The molecule has 0 radical (unpaired) electrons. The fraction of sp³-hybridized carbons (Fsp3) is 0.738. The molecule has 5 aliphatic carbocycles. The van der Waals surface area contributed by atoms with Crippen molar-refractivity contribution < 1.29 is 48.3 Å². The van der Waals surface area contributed by atoms with Crippen LogP contribution in [-0.4, -0.2) is 63.4 Å². The number of fused-ring (bicyclic) bond motifs is 7. The smallest absolute Gasteiger partial charge is 0.358 e. The van der Waals surface area contributed by atoms with E-state index in [1.807, 2.05) is 19.9 Å². The fourth-order valence-corrected chi connectivity index (χ4v) is 12.7. The Labute approximate surface area is 318 Å². The Hall–Kier alpha value is -3.67. The number of aliphatic hydroxyl groups is 1. The molecule has 54 heavy (non-hydrogen) atoms. The van der Waals surface area contributed by atoms with Crippen molar-refractivity contribution in [3.63, 3.8) is 0 Å². The molecule has 2 heterocycles. The summed E-state index contributed by atoms with van der Waals surface area (Å²) in [5.41, 5.74) is -1.57. The van der Waals surface area contributed by atoms with E-state index in [0.717, 1.165) is 24.8 Å². The zero-order valence-corrected chi connectivity index (χ0v) is 33.4. The maximum atomic E-state index is 15.0. The molecule has 0 saturated heterocycles. The predicted octanol–water partition coefficient (Wildman–Crippen LogP) is 7.05. The number of carbonyl (C=O) groups excluding carboxylic acids is 3. The van der Waals surface area contributed by atoms with Gasteiger partial charge < -0.3 is 29.2 Å². The summed E-state index contributed by atoms with van der Waals surface area (Å²) in [4.78, 5) is 55.8. The lowest BCUT2D eigenvalue weighted by molar-refractivity contribution is -0.210. The first-order valence-electron chi connectivity index (χ1n) is 19.8. The van der Waals surface area contributed by atoms with Gasteiger partial charge in [0.2, 0.25) is 0 Å². The highest BCUT2D eigenvalue weighted by molar-refractivity contribution is 5.96. The summed E-state index contributed by atoms with van der Waals surface area (Å²) in [6.45, 7) is 16.5. The molecular weight excluding hydrogens is 692 g/mol. The lowest BCUT2D eigenvalue weighted by Gasteiger charge is -2.70. The Balaban J connectivity index is 1.31. The molecule has 2 N–H and O–H groups in total. The van der Waals surface area contributed by atoms with Gasteiger partial charge in [-0.05, 0) is 138 Å². The van der Waals surface area contributed by atoms with Gasteiger partial charge in [0.05, 0.1) is 29.2 Å². The summed E-state index contributed by atoms with van der Waals surface area (Å²) in [6, 6.07) is 1.10. The third-order valence-corrected chi connectivity index (χ3v) is 16.1. The van der Waals surface area contributed by atoms with E-state index in [0.29, 0.717) is 50.0 Å². The average molecular weight is 751 g/mol. The Morgan fingerprint density at radius 2 is 1.67 bits per heavy atom. The summed E-state index contributed by atoms with van der Waals surface area (Å²) in [6.07, 6.45) is 8.14. The monoisotopic (exact) mass is 750 g/mol. The van der Waals surface area contributed by atoms with E-state index in [1.165, 1.54) is 0 Å². The molecule has 4 saturated carbocycles. The lowest BCUT2D eigenvalue weighted by atomic mass is 9.33. The highest BCUT2D eigenvalue weighted by Gasteiger charge is 2.72. The number of ketones is 1. The third kappa shape index (κ3) is 5.34. The summed E-state index contributed by atoms with van der Waals surface area (Å²) < 4.78 is 23.7. The standard InChI is InChI=1S/C42H58N2O10/c1-10-51-33(46)27-19-23(2)43-44(27)31-12-13-39(6)30(42(31,9)35(49)52-22-29-24(3)53-36(50)54-29)11-14-41(8)32(39)28(45)20-25-26-21-38(5,34(47)48)16-15-37(26,4)17-18-40(25,41)7/h19-20,26,30-32,36,50H,10-18,21-22H2,1-9H3,(H,47,48)/t26-,30+,31-,32+,36?,37+,38-,39-,40+,41+,42-/m0/s1. The number of nitrogens with zero attached hydrogens (tertiary/aromatic N) is 2. The predicted molar refractivity (Wildman–Crippen MR) is 195 cm³/mol. The van der Waals surface area contributed by atoms with E-state index < -0.39 is 58.0 Å². The van der Waals surface area contributed by atoms with Gasteiger partial charge in [-0.1, -0.05) is 33.3 Å². The minimum Gasteiger partial charge on any atom is -0.481 e. The molecule has 12 nitrogen and oxygen atoms in total. The van der Waals surface area contributed by atoms with Crippen molar-refractivity contribution in [2.75, 3.05) is 13.2 Å². The second-order valence-corrected chi connectivity index (χ2v) is 18.8. The molecule has 1 unspecified atom stereocenters. The van der Waals surface area contributed by atoms with Gasteiger partial charge in [0.1, 0.15) is 11.5 Å². The summed E-state index contributed by atoms with van der Waals surface area (Å²) in [5, 5.41) is 25.0. The van der Waals surface area contributed by atoms with E-state index in [9.17, 15) is 24.6 Å². The number of aliphatic hydroxyl groups excluding tert-OH is 1. The Bertz CT molecular complexity index is 1850. The van der Waals surface area contributed by atoms with Crippen LogP contribution in [0.5, 0.6) is 0 Å². The number of allylic oxidation sites excluding steroid dienone is 3. The number of carboxylic acid groups (broad SMARTS) is 1. The van der Waals surface area contributed by atoms with Gasteiger partial charge in [-0.2, -0.15) is 5.10 Å². The molecule has 6 aliphatic rings. The number of ether oxygens (including phenoxy) is 4. The number of aromatic nitrogens is 2. The normalized spacial score (nSPS) is 42.7. The van der Waals surface area contributed by atoms with Crippen molar-refractivity contribution in [1.82, 2.24) is 9.78 Å². The van der Waals surface area contributed by atoms with Crippen LogP contribution in [0, 0.1) is 57.2 Å². The highest BCUT2D eigenvalue weighted by Crippen LogP contribution is 2.76. The van der Waals surface area contributed by atoms with Gasteiger partial charge in [0.25, 0.3) is 0 Å². The molecule has 1 aromatic rings. The lowest BCUT2D eigenvalue weighted by Crippen LogP contribution is -2.67. The van der Waals surface area contributed by atoms with Gasteiger partial charge in [0, 0.05) is 5.92 Å². The van der Waals surface area contributed by atoms with Crippen molar-refractivity contribution in [3.05, 3.63) is 40.6 Å². The Morgan fingerprint density at radius 1 is 0.963 bits per heavy atom. The van der Waals surface area contributed by atoms with Gasteiger partial charge in [-0.3, -0.25) is 19.1 Å². The molecule has 0 amide bonds. The number of aliphatic carboxylic acids is 1. The largest absolute Gasteiger partial charge is 0.481 e.